The average Bonchev–Trinajstić information content (AvgIpc) is 3.03. The molecular formula is C19H13ClN2S. The van der Waals surface area contributed by atoms with Crippen molar-refractivity contribution in [3.63, 3.8) is 0 Å². The van der Waals surface area contributed by atoms with Gasteiger partial charge in [0.1, 0.15) is 11.1 Å². The van der Waals surface area contributed by atoms with Gasteiger partial charge in [-0.3, -0.25) is 0 Å². The van der Waals surface area contributed by atoms with Crippen molar-refractivity contribution in [2.75, 3.05) is 0 Å². The number of hydrogen-bond donors (Lipinski definition) is 0. The molecule has 2 nitrogen and oxygen atoms in total. The molecule has 0 radical (unpaired) electrons. The highest BCUT2D eigenvalue weighted by Crippen LogP contribution is 2.28. The topological polar surface area (TPSA) is 36.7 Å². The largest absolute Gasteiger partial charge is 0.235 e. The molecule has 0 fully saturated rings. The maximum Gasteiger partial charge on any atom is 0.134 e. The molecule has 0 unspecified atom stereocenters. The molecule has 0 saturated carbocycles. The third kappa shape index (κ3) is 3.68. The SMILES string of the molecule is Cc1cccc(C=C(C#N)c2nc(-c3ccc(Cl)cc3)cs2)c1. The van der Waals surface area contributed by atoms with Crippen LogP contribution in [0, 0.1) is 18.3 Å². The lowest BCUT2D eigenvalue weighted by Gasteiger charge is -1.98. The van der Waals surface area contributed by atoms with Gasteiger partial charge in [-0.1, -0.05) is 53.6 Å². The Balaban J connectivity index is 1.94. The zero-order valence-electron chi connectivity index (χ0n) is 12.5. The van der Waals surface area contributed by atoms with E-state index in [1.54, 1.807) is 0 Å². The van der Waals surface area contributed by atoms with E-state index < -0.39 is 0 Å². The molecule has 0 aliphatic rings. The summed E-state index contributed by atoms with van der Waals surface area (Å²) in [5, 5.41) is 12.8. The number of benzene rings is 2. The van der Waals surface area contributed by atoms with Gasteiger partial charge in [-0.15, -0.1) is 11.3 Å². The second kappa shape index (κ2) is 6.78. The Morgan fingerprint density at radius 3 is 2.70 bits per heavy atom. The summed E-state index contributed by atoms with van der Waals surface area (Å²) < 4.78 is 0. The van der Waals surface area contributed by atoms with Crippen LogP contribution in [0.15, 0.2) is 53.9 Å². The van der Waals surface area contributed by atoms with Crippen LogP contribution in [0.4, 0.5) is 0 Å². The third-order valence-corrected chi connectivity index (χ3v) is 4.48. The molecule has 0 amide bonds. The van der Waals surface area contributed by atoms with Gasteiger partial charge < -0.3 is 0 Å². The normalized spacial score (nSPS) is 11.3. The molecule has 0 saturated heterocycles. The number of aryl methyl sites for hydroxylation is 1. The number of aromatic nitrogens is 1. The van der Waals surface area contributed by atoms with Gasteiger partial charge in [0.2, 0.25) is 0 Å². The molecule has 0 aliphatic carbocycles. The van der Waals surface area contributed by atoms with E-state index in [0.29, 0.717) is 10.6 Å². The molecule has 0 bridgehead atoms. The van der Waals surface area contributed by atoms with Crippen molar-refractivity contribution in [3.8, 4) is 17.3 Å². The Hall–Kier alpha value is -2.41. The first-order chi connectivity index (χ1) is 11.2. The Morgan fingerprint density at radius 2 is 2.00 bits per heavy atom. The molecule has 0 atom stereocenters. The van der Waals surface area contributed by atoms with Crippen molar-refractivity contribution in [3.05, 3.63) is 75.1 Å². The fourth-order valence-corrected chi connectivity index (χ4v) is 3.14. The molecule has 23 heavy (non-hydrogen) atoms. The predicted octanol–water partition coefficient (Wildman–Crippen LogP) is 5.84. The summed E-state index contributed by atoms with van der Waals surface area (Å²) >= 11 is 7.38. The molecule has 2 aromatic carbocycles. The van der Waals surface area contributed by atoms with Crippen LogP contribution in [0.3, 0.4) is 0 Å². The molecule has 0 spiro atoms. The standard InChI is InChI=1S/C19H13ClN2S/c1-13-3-2-4-14(9-13)10-16(11-21)19-22-18(12-23-19)15-5-7-17(20)8-6-15/h2-10,12H,1H3. The zero-order chi connectivity index (χ0) is 16.2. The lowest BCUT2D eigenvalue weighted by molar-refractivity contribution is 1.37. The summed E-state index contributed by atoms with van der Waals surface area (Å²) in [6, 6.07) is 17.8. The minimum Gasteiger partial charge on any atom is -0.235 e. The van der Waals surface area contributed by atoms with Crippen molar-refractivity contribution in [1.29, 1.82) is 5.26 Å². The summed E-state index contributed by atoms with van der Waals surface area (Å²) in [5.41, 5.74) is 4.58. The monoisotopic (exact) mass is 336 g/mol. The summed E-state index contributed by atoms with van der Waals surface area (Å²) in [7, 11) is 0. The molecule has 1 aromatic heterocycles. The van der Waals surface area contributed by atoms with Crippen LogP contribution in [0.5, 0.6) is 0 Å². The Labute approximate surface area is 144 Å². The highest BCUT2D eigenvalue weighted by atomic mass is 35.5. The maximum atomic E-state index is 9.46. The van der Waals surface area contributed by atoms with E-state index in [2.05, 4.69) is 11.1 Å². The van der Waals surface area contributed by atoms with Gasteiger partial charge in [0.25, 0.3) is 0 Å². The Kier molecular flexibility index (Phi) is 4.57. The number of nitriles is 1. The van der Waals surface area contributed by atoms with E-state index in [1.807, 2.05) is 66.9 Å². The van der Waals surface area contributed by atoms with E-state index in [1.165, 1.54) is 11.3 Å². The van der Waals surface area contributed by atoms with Crippen molar-refractivity contribution < 1.29 is 0 Å². The van der Waals surface area contributed by atoms with Crippen molar-refractivity contribution in [2.45, 2.75) is 6.92 Å². The van der Waals surface area contributed by atoms with Crippen LogP contribution >= 0.6 is 22.9 Å². The van der Waals surface area contributed by atoms with Crippen molar-refractivity contribution >= 4 is 34.6 Å². The summed E-state index contributed by atoms with van der Waals surface area (Å²) in [6.45, 7) is 2.03. The van der Waals surface area contributed by atoms with Crippen LogP contribution in [0.25, 0.3) is 22.9 Å². The molecule has 3 aromatic rings. The van der Waals surface area contributed by atoms with Crippen LogP contribution < -0.4 is 0 Å². The fraction of sp³-hybridized carbons (Fsp3) is 0.0526. The number of allylic oxidation sites excluding steroid dienone is 1. The van der Waals surface area contributed by atoms with Crippen LogP contribution in [0.2, 0.25) is 5.02 Å². The minimum atomic E-state index is 0.570. The Morgan fingerprint density at radius 1 is 1.22 bits per heavy atom. The van der Waals surface area contributed by atoms with Gasteiger partial charge >= 0.3 is 0 Å². The minimum absolute atomic E-state index is 0.570. The van der Waals surface area contributed by atoms with Crippen molar-refractivity contribution in [1.82, 2.24) is 4.98 Å². The van der Waals surface area contributed by atoms with Crippen LogP contribution in [-0.2, 0) is 0 Å². The first kappa shape index (κ1) is 15.5. The third-order valence-electron chi connectivity index (χ3n) is 3.35. The van der Waals surface area contributed by atoms with Gasteiger partial charge in [0.15, 0.2) is 0 Å². The lowest BCUT2D eigenvalue weighted by Crippen LogP contribution is -1.83. The van der Waals surface area contributed by atoms with E-state index in [4.69, 9.17) is 11.6 Å². The number of thiazole rings is 1. The van der Waals surface area contributed by atoms with Gasteiger partial charge in [-0.25, -0.2) is 4.98 Å². The molecule has 112 valence electrons. The second-order valence-electron chi connectivity index (χ2n) is 5.13. The quantitative estimate of drug-likeness (QED) is 0.564. The number of hydrogen-bond acceptors (Lipinski definition) is 3. The van der Waals surface area contributed by atoms with E-state index in [0.717, 1.165) is 27.4 Å². The molecule has 3 rings (SSSR count). The molecule has 1 heterocycles. The number of halogens is 1. The molecule has 0 N–H and O–H groups in total. The smallest absolute Gasteiger partial charge is 0.134 e. The predicted molar refractivity (Wildman–Crippen MR) is 97.2 cm³/mol. The van der Waals surface area contributed by atoms with Crippen LogP contribution in [0.1, 0.15) is 16.1 Å². The Bertz CT molecular complexity index is 902. The first-order valence-electron chi connectivity index (χ1n) is 7.06. The molecule has 0 aliphatic heterocycles. The average molecular weight is 337 g/mol. The fourth-order valence-electron chi connectivity index (χ4n) is 2.22. The van der Waals surface area contributed by atoms with Gasteiger partial charge in [0, 0.05) is 16.0 Å². The summed E-state index contributed by atoms with van der Waals surface area (Å²) in [6.07, 6.45) is 1.87. The van der Waals surface area contributed by atoms with E-state index in [-0.39, 0.29) is 0 Å². The molecule has 4 heteroatoms. The first-order valence-corrected chi connectivity index (χ1v) is 8.32. The maximum absolute atomic E-state index is 9.46. The highest BCUT2D eigenvalue weighted by Gasteiger charge is 2.09. The van der Waals surface area contributed by atoms with Crippen molar-refractivity contribution in [2.24, 2.45) is 0 Å². The van der Waals surface area contributed by atoms with E-state index >= 15 is 0 Å². The number of nitrogens with zero attached hydrogens (tertiary/aromatic N) is 2. The zero-order valence-corrected chi connectivity index (χ0v) is 14.0. The van der Waals surface area contributed by atoms with Gasteiger partial charge in [0.05, 0.1) is 11.3 Å². The van der Waals surface area contributed by atoms with Gasteiger partial charge in [-0.05, 0) is 30.7 Å². The van der Waals surface area contributed by atoms with Crippen LogP contribution in [-0.4, -0.2) is 4.98 Å². The summed E-state index contributed by atoms with van der Waals surface area (Å²) in [5.74, 6) is 0. The van der Waals surface area contributed by atoms with Gasteiger partial charge in [-0.2, -0.15) is 5.26 Å². The number of rotatable bonds is 3. The highest BCUT2D eigenvalue weighted by molar-refractivity contribution is 7.11. The van der Waals surface area contributed by atoms with E-state index in [9.17, 15) is 5.26 Å². The molecular weight excluding hydrogens is 324 g/mol. The second-order valence-corrected chi connectivity index (χ2v) is 6.42. The lowest BCUT2D eigenvalue weighted by atomic mass is 10.1. The summed E-state index contributed by atoms with van der Waals surface area (Å²) in [4.78, 5) is 4.58.